The Labute approximate surface area is 115 Å². The first kappa shape index (κ1) is 13.6. The van der Waals surface area contributed by atoms with Crippen molar-refractivity contribution in [2.45, 2.75) is 26.0 Å². The second kappa shape index (κ2) is 5.47. The molecule has 1 aromatic rings. The average molecular weight is 316 g/mol. The Balaban J connectivity index is 2.32. The predicted octanol–water partition coefficient (Wildman–Crippen LogP) is 2.24. The van der Waals surface area contributed by atoms with Crippen LogP contribution in [0.2, 0.25) is 0 Å². The molecule has 0 bridgehead atoms. The van der Waals surface area contributed by atoms with Crippen molar-refractivity contribution in [3.05, 3.63) is 22.2 Å². The topological polar surface area (TPSA) is 64.7 Å². The molecule has 0 fully saturated rings. The van der Waals surface area contributed by atoms with Gasteiger partial charge in [0.25, 0.3) is 0 Å². The molecule has 2 rings (SSSR count). The number of hydrogen-bond acceptors (Lipinski definition) is 4. The first-order valence-corrected chi connectivity index (χ1v) is 6.82. The molecule has 18 heavy (non-hydrogen) atoms. The maximum atomic E-state index is 10.2. The van der Waals surface area contributed by atoms with Crippen LogP contribution in [0.1, 0.15) is 25.5 Å². The Bertz CT molecular complexity index is 436. The van der Waals surface area contributed by atoms with Gasteiger partial charge < -0.3 is 20.3 Å². The van der Waals surface area contributed by atoms with Crippen LogP contribution in [0, 0.1) is 5.92 Å². The van der Waals surface area contributed by atoms with Crippen molar-refractivity contribution in [1.82, 2.24) is 0 Å². The number of nitrogens with two attached hydrogens (primary N) is 1. The van der Waals surface area contributed by atoms with Crippen molar-refractivity contribution in [1.29, 1.82) is 0 Å². The number of ether oxygens (including phenoxy) is 2. The normalized spacial score (nSPS) is 17.7. The fourth-order valence-corrected chi connectivity index (χ4v) is 2.46. The Kier molecular flexibility index (Phi) is 4.14. The zero-order chi connectivity index (χ0) is 13.3. The lowest BCUT2D eigenvalue weighted by atomic mass is 9.94. The Morgan fingerprint density at radius 2 is 1.94 bits per heavy atom. The van der Waals surface area contributed by atoms with Crippen molar-refractivity contribution >= 4 is 15.9 Å². The van der Waals surface area contributed by atoms with Crippen LogP contribution in [0.15, 0.2) is 16.6 Å². The van der Waals surface area contributed by atoms with E-state index >= 15 is 0 Å². The highest BCUT2D eigenvalue weighted by Gasteiger charge is 2.24. The summed E-state index contributed by atoms with van der Waals surface area (Å²) in [6.45, 7) is 5.04. The fourth-order valence-electron chi connectivity index (χ4n) is 1.89. The highest BCUT2D eigenvalue weighted by atomic mass is 79.9. The number of aliphatic hydroxyl groups is 1. The molecule has 0 radical (unpaired) electrons. The largest absolute Gasteiger partial charge is 0.486 e. The van der Waals surface area contributed by atoms with Gasteiger partial charge in [-0.25, -0.2) is 0 Å². The SMILES string of the molecule is CC(C)C(N)C(O)c1cc(Br)c2c(c1)OCCO2. The molecule has 5 heteroatoms. The summed E-state index contributed by atoms with van der Waals surface area (Å²) in [5.41, 5.74) is 6.72. The summed E-state index contributed by atoms with van der Waals surface area (Å²) in [5, 5.41) is 10.2. The highest BCUT2D eigenvalue weighted by molar-refractivity contribution is 9.10. The van der Waals surface area contributed by atoms with Crippen molar-refractivity contribution in [3.63, 3.8) is 0 Å². The molecule has 2 unspecified atom stereocenters. The van der Waals surface area contributed by atoms with E-state index in [9.17, 15) is 5.11 Å². The average Bonchev–Trinajstić information content (AvgIpc) is 2.36. The molecule has 0 spiro atoms. The quantitative estimate of drug-likeness (QED) is 0.897. The van der Waals surface area contributed by atoms with Gasteiger partial charge in [-0.3, -0.25) is 0 Å². The van der Waals surface area contributed by atoms with Crippen LogP contribution in [0.25, 0.3) is 0 Å². The minimum absolute atomic E-state index is 0.201. The molecular weight excluding hydrogens is 298 g/mol. The third kappa shape index (κ3) is 2.63. The minimum Gasteiger partial charge on any atom is -0.486 e. The summed E-state index contributed by atoms with van der Waals surface area (Å²) in [4.78, 5) is 0. The van der Waals surface area contributed by atoms with Crippen LogP contribution >= 0.6 is 15.9 Å². The molecule has 1 aliphatic rings. The van der Waals surface area contributed by atoms with Crippen molar-refractivity contribution in [3.8, 4) is 11.5 Å². The Morgan fingerprint density at radius 1 is 1.28 bits per heavy atom. The van der Waals surface area contributed by atoms with Crippen LogP contribution in [0.4, 0.5) is 0 Å². The van der Waals surface area contributed by atoms with E-state index in [0.29, 0.717) is 24.7 Å². The van der Waals surface area contributed by atoms with Gasteiger partial charge in [-0.2, -0.15) is 0 Å². The van der Waals surface area contributed by atoms with E-state index < -0.39 is 6.10 Å². The standard InChI is InChI=1S/C13H18BrNO3/c1-7(2)11(15)12(16)8-5-9(14)13-10(6-8)17-3-4-18-13/h5-7,11-12,16H,3-4,15H2,1-2H3. The van der Waals surface area contributed by atoms with Crippen molar-refractivity contribution < 1.29 is 14.6 Å². The summed E-state index contributed by atoms with van der Waals surface area (Å²) in [6.07, 6.45) is -0.711. The van der Waals surface area contributed by atoms with Crippen molar-refractivity contribution in [2.24, 2.45) is 11.7 Å². The molecule has 0 amide bonds. The number of halogens is 1. The molecule has 100 valence electrons. The number of aliphatic hydroxyl groups excluding tert-OH is 1. The summed E-state index contributed by atoms with van der Waals surface area (Å²) >= 11 is 3.43. The first-order chi connectivity index (χ1) is 8.50. The maximum absolute atomic E-state index is 10.2. The molecule has 2 atom stereocenters. The van der Waals surface area contributed by atoms with Gasteiger partial charge in [0.1, 0.15) is 13.2 Å². The lowest BCUT2D eigenvalue weighted by molar-refractivity contribution is 0.124. The number of rotatable bonds is 3. The molecular formula is C13H18BrNO3. The molecule has 1 aliphatic heterocycles. The predicted molar refractivity (Wildman–Crippen MR) is 72.9 cm³/mol. The second-order valence-corrected chi connectivity index (χ2v) is 5.65. The van der Waals surface area contributed by atoms with Gasteiger partial charge in [0.05, 0.1) is 10.6 Å². The Hall–Kier alpha value is -0.780. The van der Waals surface area contributed by atoms with E-state index in [-0.39, 0.29) is 12.0 Å². The van der Waals surface area contributed by atoms with Gasteiger partial charge in [0.2, 0.25) is 0 Å². The third-order valence-corrected chi connectivity index (χ3v) is 3.68. The van der Waals surface area contributed by atoms with Gasteiger partial charge in [-0.1, -0.05) is 13.8 Å². The van der Waals surface area contributed by atoms with Crippen molar-refractivity contribution in [2.75, 3.05) is 13.2 Å². The second-order valence-electron chi connectivity index (χ2n) is 4.79. The van der Waals surface area contributed by atoms with E-state index in [1.807, 2.05) is 19.9 Å². The monoisotopic (exact) mass is 315 g/mol. The van der Waals surface area contributed by atoms with E-state index in [0.717, 1.165) is 10.0 Å². The zero-order valence-corrected chi connectivity index (χ0v) is 12.1. The fraction of sp³-hybridized carbons (Fsp3) is 0.538. The van der Waals surface area contributed by atoms with Crippen LogP contribution in [0.3, 0.4) is 0 Å². The first-order valence-electron chi connectivity index (χ1n) is 6.03. The molecule has 0 aromatic heterocycles. The lowest BCUT2D eigenvalue weighted by Crippen LogP contribution is -2.33. The van der Waals surface area contributed by atoms with Gasteiger partial charge in [-0.15, -0.1) is 0 Å². The number of hydrogen-bond donors (Lipinski definition) is 2. The highest BCUT2D eigenvalue weighted by Crippen LogP contribution is 2.40. The van der Waals surface area contributed by atoms with Gasteiger partial charge in [0.15, 0.2) is 11.5 Å². The third-order valence-electron chi connectivity index (χ3n) is 3.10. The molecule has 1 heterocycles. The van der Waals surface area contributed by atoms with Crippen LogP contribution in [0.5, 0.6) is 11.5 Å². The molecule has 1 aromatic carbocycles. The summed E-state index contributed by atoms with van der Waals surface area (Å²) in [5.74, 6) is 1.54. The lowest BCUT2D eigenvalue weighted by Gasteiger charge is -2.25. The zero-order valence-electron chi connectivity index (χ0n) is 10.5. The van der Waals surface area contributed by atoms with E-state index in [1.54, 1.807) is 6.07 Å². The summed E-state index contributed by atoms with van der Waals surface area (Å²) in [6, 6.07) is 3.33. The molecule has 4 nitrogen and oxygen atoms in total. The van der Waals surface area contributed by atoms with Crippen LogP contribution < -0.4 is 15.2 Å². The van der Waals surface area contributed by atoms with Crippen LogP contribution in [-0.4, -0.2) is 24.4 Å². The smallest absolute Gasteiger partial charge is 0.175 e. The van der Waals surface area contributed by atoms with Gasteiger partial charge in [-0.05, 0) is 39.5 Å². The van der Waals surface area contributed by atoms with E-state index in [2.05, 4.69) is 15.9 Å². The Morgan fingerprint density at radius 3 is 2.61 bits per heavy atom. The molecule has 0 saturated heterocycles. The molecule has 3 N–H and O–H groups in total. The van der Waals surface area contributed by atoms with Crippen LogP contribution in [-0.2, 0) is 0 Å². The van der Waals surface area contributed by atoms with Gasteiger partial charge >= 0.3 is 0 Å². The van der Waals surface area contributed by atoms with E-state index in [1.165, 1.54) is 0 Å². The summed E-state index contributed by atoms with van der Waals surface area (Å²) in [7, 11) is 0. The van der Waals surface area contributed by atoms with E-state index in [4.69, 9.17) is 15.2 Å². The molecule has 0 aliphatic carbocycles. The number of fused-ring (bicyclic) bond motifs is 1. The minimum atomic E-state index is -0.711. The maximum Gasteiger partial charge on any atom is 0.175 e. The number of benzene rings is 1. The van der Waals surface area contributed by atoms with Gasteiger partial charge in [0, 0.05) is 6.04 Å². The summed E-state index contributed by atoms with van der Waals surface area (Å²) < 4.78 is 11.8. The molecule has 0 saturated carbocycles.